The first-order valence-corrected chi connectivity index (χ1v) is 11.6. The van der Waals surface area contributed by atoms with Gasteiger partial charge in [-0.1, -0.05) is 49.6 Å². The first kappa shape index (κ1) is 23.4. The van der Waals surface area contributed by atoms with E-state index in [2.05, 4.69) is 52.8 Å². The van der Waals surface area contributed by atoms with Crippen molar-refractivity contribution in [2.24, 2.45) is 16.8 Å². The molecule has 5 nitrogen and oxygen atoms in total. The molecule has 2 saturated carbocycles. The van der Waals surface area contributed by atoms with E-state index in [1.54, 1.807) is 0 Å². The lowest BCUT2D eigenvalue weighted by Crippen LogP contribution is -2.45. The third-order valence-corrected chi connectivity index (χ3v) is 6.77. The number of hydrogen-bond donors (Lipinski definition) is 2. The van der Waals surface area contributed by atoms with E-state index in [1.165, 1.54) is 31.2 Å². The van der Waals surface area contributed by atoms with Crippen molar-refractivity contribution in [3.63, 3.8) is 0 Å². The molecule has 2 aliphatic carbocycles. The molecular weight excluding hydrogens is 487 g/mol. The van der Waals surface area contributed by atoms with E-state index >= 15 is 0 Å². The summed E-state index contributed by atoms with van der Waals surface area (Å²) in [5.74, 6) is 2.88. The molecule has 1 aliphatic heterocycles. The molecular formula is C24H37IN4O. The van der Waals surface area contributed by atoms with Gasteiger partial charge in [-0.15, -0.1) is 24.0 Å². The van der Waals surface area contributed by atoms with Crippen LogP contribution in [-0.2, 0) is 4.79 Å². The highest BCUT2D eigenvalue weighted by atomic mass is 127. The standard InChI is InChI=1S/C24H36N4O.HI/c1-2-25-24(26-16-20-15-22(20)18-9-5-3-6-10-18)27-21-13-14-28(17-21)23(29)19-11-7-4-8-12-19;/h3,5-6,9-10,19-22H,2,4,7-8,11-17H2,1H3,(H2,25,26,27);1H. The predicted octanol–water partition coefficient (Wildman–Crippen LogP) is 4.14. The van der Waals surface area contributed by atoms with Gasteiger partial charge in [0.1, 0.15) is 0 Å². The number of hydrogen-bond acceptors (Lipinski definition) is 2. The number of nitrogens with one attached hydrogen (secondary N) is 2. The van der Waals surface area contributed by atoms with Crippen molar-refractivity contribution in [2.45, 2.75) is 63.8 Å². The summed E-state index contributed by atoms with van der Waals surface area (Å²) in [5.41, 5.74) is 1.44. The summed E-state index contributed by atoms with van der Waals surface area (Å²) in [6.45, 7) is 5.53. The lowest BCUT2D eigenvalue weighted by molar-refractivity contribution is -0.135. The Morgan fingerprint density at radius 2 is 1.90 bits per heavy atom. The molecule has 6 heteroatoms. The molecule has 4 rings (SSSR count). The van der Waals surface area contributed by atoms with E-state index in [1.807, 2.05) is 0 Å². The fourth-order valence-electron chi connectivity index (χ4n) is 4.97. The molecule has 0 bridgehead atoms. The molecule has 0 aromatic heterocycles. The van der Waals surface area contributed by atoms with Gasteiger partial charge in [-0.05, 0) is 50.0 Å². The van der Waals surface area contributed by atoms with Crippen LogP contribution in [0, 0.1) is 11.8 Å². The minimum absolute atomic E-state index is 0. The van der Waals surface area contributed by atoms with Crippen LogP contribution in [0.3, 0.4) is 0 Å². The highest BCUT2D eigenvalue weighted by molar-refractivity contribution is 14.0. The number of guanidine groups is 1. The zero-order valence-electron chi connectivity index (χ0n) is 18.2. The molecule has 30 heavy (non-hydrogen) atoms. The molecule has 3 atom stereocenters. The monoisotopic (exact) mass is 524 g/mol. The minimum atomic E-state index is 0. The van der Waals surface area contributed by atoms with Crippen molar-refractivity contribution in [2.75, 3.05) is 26.2 Å². The van der Waals surface area contributed by atoms with Crippen molar-refractivity contribution >= 4 is 35.8 Å². The Balaban J connectivity index is 0.00000256. The molecule has 0 radical (unpaired) electrons. The quantitative estimate of drug-likeness (QED) is 0.334. The van der Waals surface area contributed by atoms with Crippen molar-refractivity contribution in [1.82, 2.24) is 15.5 Å². The maximum atomic E-state index is 12.8. The van der Waals surface area contributed by atoms with Crippen LogP contribution >= 0.6 is 24.0 Å². The van der Waals surface area contributed by atoms with E-state index in [9.17, 15) is 4.79 Å². The molecule has 2 N–H and O–H groups in total. The zero-order chi connectivity index (χ0) is 20.1. The van der Waals surface area contributed by atoms with E-state index in [0.29, 0.717) is 23.8 Å². The topological polar surface area (TPSA) is 56.7 Å². The first-order valence-electron chi connectivity index (χ1n) is 11.6. The van der Waals surface area contributed by atoms with Gasteiger partial charge in [-0.3, -0.25) is 9.79 Å². The Kier molecular flexibility index (Phi) is 8.84. The third kappa shape index (κ3) is 6.11. The summed E-state index contributed by atoms with van der Waals surface area (Å²) in [4.78, 5) is 19.8. The molecule has 1 aromatic carbocycles. The van der Waals surface area contributed by atoms with E-state index in [0.717, 1.165) is 51.4 Å². The van der Waals surface area contributed by atoms with Crippen molar-refractivity contribution in [1.29, 1.82) is 0 Å². The number of likely N-dealkylation sites (tertiary alicyclic amines) is 1. The maximum Gasteiger partial charge on any atom is 0.225 e. The van der Waals surface area contributed by atoms with Crippen LogP contribution in [0.4, 0.5) is 0 Å². The first-order chi connectivity index (χ1) is 14.2. The molecule has 3 aliphatic rings. The van der Waals surface area contributed by atoms with E-state index in [-0.39, 0.29) is 29.9 Å². The smallest absolute Gasteiger partial charge is 0.225 e. The average Bonchev–Trinajstić information content (AvgIpc) is 3.41. The highest BCUT2D eigenvalue weighted by Gasteiger charge is 2.38. The number of benzene rings is 1. The van der Waals surface area contributed by atoms with Crippen LogP contribution in [-0.4, -0.2) is 49.0 Å². The van der Waals surface area contributed by atoms with Crippen molar-refractivity contribution < 1.29 is 4.79 Å². The lowest BCUT2D eigenvalue weighted by atomic mass is 9.88. The van der Waals surface area contributed by atoms with Crippen LogP contribution in [0.25, 0.3) is 0 Å². The van der Waals surface area contributed by atoms with Gasteiger partial charge < -0.3 is 15.5 Å². The molecule has 0 spiro atoms. The Morgan fingerprint density at radius 3 is 2.63 bits per heavy atom. The highest BCUT2D eigenvalue weighted by Crippen LogP contribution is 2.47. The second-order valence-corrected chi connectivity index (χ2v) is 8.98. The molecule has 3 unspecified atom stereocenters. The number of aliphatic imine (C=N–C) groups is 1. The molecule has 1 aromatic rings. The summed E-state index contributed by atoms with van der Waals surface area (Å²) in [6.07, 6.45) is 8.15. The summed E-state index contributed by atoms with van der Waals surface area (Å²) in [5, 5.41) is 6.98. The van der Waals surface area contributed by atoms with Crippen LogP contribution in [0.2, 0.25) is 0 Å². The number of carbonyl (C=O) groups excluding carboxylic acids is 1. The van der Waals surface area contributed by atoms with Crippen LogP contribution < -0.4 is 10.6 Å². The molecule has 166 valence electrons. The van der Waals surface area contributed by atoms with Crippen molar-refractivity contribution in [3.8, 4) is 0 Å². The third-order valence-electron chi connectivity index (χ3n) is 6.77. The van der Waals surface area contributed by atoms with Gasteiger partial charge in [-0.25, -0.2) is 0 Å². The van der Waals surface area contributed by atoms with Gasteiger partial charge >= 0.3 is 0 Å². The number of nitrogens with zero attached hydrogens (tertiary/aromatic N) is 2. The fraction of sp³-hybridized carbons (Fsp3) is 0.667. The maximum absolute atomic E-state index is 12.8. The number of rotatable bonds is 6. The Morgan fingerprint density at radius 1 is 1.13 bits per heavy atom. The Hall–Kier alpha value is -1.31. The van der Waals surface area contributed by atoms with Crippen LogP contribution in [0.15, 0.2) is 35.3 Å². The van der Waals surface area contributed by atoms with Gasteiger partial charge in [0, 0.05) is 38.1 Å². The SMILES string of the molecule is CCNC(=NCC1CC1c1ccccc1)NC1CCN(C(=O)C2CCCCC2)C1.I. The van der Waals surface area contributed by atoms with Crippen molar-refractivity contribution in [3.05, 3.63) is 35.9 Å². The second kappa shape index (κ2) is 11.3. The van der Waals surface area contributed by atoms with E-state index in [4.69, 9.17) is 4.99 Å². The van der Waals surface area contributed by atoms with E-state index < -0.39 is 0 Å². The minimum Gasteiger partial charge on any atom is -0.357 e. The second-order valence-electron chi connectivity index (χ2n) is 8.98. The summed E-state index contributed by atoms with van der Waals surface area (Å²) < 4.78 is 0. The number of halogens is 1. The summed E-state index contributed by atoms with van der Waals surface area (Å²) in [6, 6.07) is 11.1. The molecule has 3 fully saturated rings. The van der Waals surface area contributed by atoms with Gasteiger partial charge in [0.15, 0.2) is 5.96 Å². The Labute approximate surface area is 198 Å². The van der Waals surface area contributed by atoms with Gasteiger partial charge in [0.05, 0.1) is 0 Å². The molecule has 1 heterocycles. The normalized spacial score (nSPS) is 26.8. The summed E-state index contributed by atoms with van der Waals surface area (Å²) >= 11 is 0. The summed E-state index contributed by atoms with van der Waals surface area (Å²) in [7, 11) is 0. The molecule has 1 amide bonds. The van der Waals surface area contributed by atoms with Crippen LogP contribution in [0.1, 0.15) is 63.4 Å². The molecule has 1 saturated heterocycles. The Bertz CT molecular complexity index is 704. The van der Waals surface area contributed by atoms with Gasteiger partial charge in [0.2, 0.25) is 5.91 Å². The zero-order valence-corrected chi connectivity index (χ0v) is 20.5. The average molecular weight is 524 g/mol. The van der Waals surface area contributed by atoms with Crippen LogP contribution in [0.5, 0.6) is 0 Å². The number of carbonyl (C=O) groups is 1. The number of amides is 1. The van der Waals surface area contributed by atoms with Gasteiger partial charge in [0.25, 0.3) is 0 Å². The lowest BCUT2D eigenvalue weighted by Gasteiger charge is -2.26. The predicted molar refractivity (Wildman–Crippen MR) is 133 cm³/mol. The van der Waals surface area contributed by atoms with Gasteiger partial charge in [-0.2, -0.15) is 0 Å². The fourth-order valence-corrected chi connectivity index (χ4v) is 4.97. The largest absolute Gasteiger partial charge is 0.357 e.